The molecule has 0 radical (unpaired) electrons. The zero-order valence-corrected chi connectivity index (χ0v) is 10.2. The van der Waals surface area contributed by atoms with Crippen molar-refractivity contribution < 1.29 is 5.11 Å². The van der Waals surface area contributed by atoms with Gasteiger partial charge < -0.3 is 5.11 Å². The summed E-state index contributed by atoms with van der Waals surface area (Å²) in [5.74, 6) is 0.330. The quantitative estimate of drug-likeness (QED) is 0.846. The molecule has 2 unspecified atom stereocenters. The monoisotopic (exact) mass is 290 g/mol. The van der Waals surface area contributed by atoms with Crippen molar-refractivity contribution >= 4 is 22.6 Å². The molecule has 1 rings (SSSR count). The molecule has 2 atom stereocenters. The molecular weight excluding hydrogens is 275 g/mol. The topological polar surface area (TPSA) is 20.2 Å². The van der Waals surface area contributed by atoms with E-state index in [1.54, 1.807) is 0 Å². The summed E-state index contributed by atoms with van der Waals surface area (Å²) in [5.41, 5.74) is 1.05. The first-order valence-electron chi connectivity index (χ1n) is 4.59. The first-order chi connectivity index (χ1) is 6.16. The molecule has 1 nitrogen and oxygen atoms in total. The van der Waals surface area contributed by atoms with E-state index in [4.69, 9.17) is 0 Å². The Morgan fingerprint density at radius 3 is 2.54 bits per heavy atom. The third-order valence-corrected chi connectivity index (χ3v) is 3.39. The maximum Gasteiger partial charge on any atom is 0.0825 e. The van der Waals surface area contributed by atoms with Crippen LogP contribution >= 0.6 is 22.6 Å². The molecule has 13 heavy (non-hydrogen) atoms. The number of aliphatic hydroxyl groups is 1. The van der Waals surface area contributed by atoms with Gasteiger partial charge in [0, 0.05) is 3.57 Å². The van der Waals surface area contributed by atoms with E-state index in [2.05, 4.69) is 36.4 Å². The van der Waals surface area contributed by atoms with Gasteiger partial charge in [-0.2, -0.15) is 0 Å². The van der Waals surface area contributed by atoms with Crippen LogP contribution in [-0.4, -0.2) is 5.11 Å². The molecular formula is C11H15IO. The van der Waals surface area contributed by atoms with E-state index in [0.717, 1.165) is 15.6 Å². The van der Waals surface area contributed by atoms with Crippen LogP contribution in [0.25, 0.3) is 0 Å². The highest BCUT2D eigenvalue weighted by Crippen LogP contribution is 2.27. The first kappa shape index (κ1) is 11.0. The maximum absolute atomic E-state index is 9.97. The van der Waals surface area contributed by atoms with Gasteiger partial charge in [0.15, 0.2) is 0 Å². The van der Waals surface area contributed by atoms with Gasteiger partial charge >= 0.3 is 0 Å². The van der Waals surface area contributed by atoms with Gasteiger partial charge in [-0.3, -0.25) is 0 Å². The lowest BCUT2D eigenvalue weighted by Crippen LogP contribution is -2.09. The van der Waals surface area contributed by atoms with Crippen molar-refractivity contribution in [3.8, 4) is 0 Å². The van der Waals surface area contributed by atoms with Crippen LogP contribution < -0.4 is 0 Å². The molecule has 0 spiro atoms. The largest absolute Gasteiger partial charge is 0.388 e. The van der Waals surface area contributed by atoms with Crippen molar-refractivity contribution in [1.29, 1.82) is 0 Å². The standard InChI is InChI=1S/C11H15IO/c1-3-8(2)11(13)9-6-4-5-7-10(9)12/h4-8,11,13H,3H2,1-2H3. The Morgan fingerprint density at radius 1 is 1.38 bits per heavy atom. The molecule has 2 heteroatoms. The van der Waals surface area contributed by atoms with Gasteiger partial charge in [0.05, 0.1) is 6.10 Å². The summed E-state index contributed by atoms with van der Waals surface area (Å²) in [5, 5.41) is 9.97. The van der Waals surface area contributed by atoms with Crippen molar-refractivity contribution in [3.63, 3.8) is 0 Å². The molecule has 1 N–H and O–H groups in total. The Balaban J connectivity index is 2.88. The normalized spacial score (nSPS) is 15.4. The number of halogens is 1. The number of hydrogen-bond acceptors (Lipinski definition) is 1. The summed E-state index contributed by atoms with van der Waals surface area (Å²) < 4.78 is 1.15. The third kappa shape index (κ3) is 2.68. The molecule has 0 aliphatic carbocycles. The summed E-state index contributed by atoms with van der Waals surface area (Å²) in [6, 6.07) is 8.00. The molecule has 1 aromatic carbocycles. The molecule has 0 bridgehead atoms. The van der Waals surface area contributed by atoms with Crippen molar-refractivity contribution in [1.82, 2.24) is 0 Å². The van der Waals surface area contributed by atoms with Crippen LogP contribution in [0, 0.1) is 9.49 Å². The summed E-state index contributed by atoms with van der Waals surface area (Å²) in [7, 11) is 0. The molecule has 72 valence electrons. The van der Waals surface area contributed by atoms with E-state index in [9.17, 15) is 5.11 Å². The number of aliphatic hydroxyl groups excluding tert-OH is 1. The minimum atomic E-state index is -0.321. The van der Waals surface area contributed by atoms with Gasteiger partial charge in [-0.05, 0) is 40.1 Å². The fourth-order valence-corrected chi connectivity index (χ4v) is 1.95. The van der Waals surface area contributed by atoms with Crippen molar-refractivity contribution in [2.45, 2.75) is 26.4 Å². The van der Waals surface area contributed by atoms with Crippen LogP contribution in [0.2, 0.25) is 0 Å². The Kier molecular flexibility index (Phi) is 4.19. The molecule has 1 aromatic rings. The van der Waals surface area contributed by atoms with Gasteiger partial charge in [0.2, 0.25) is 0 Å². The SMILES string of the molecule is CCC(C)C(O)c1ccccc1I. The fraction of sp³-hybridized carbons (Fsp3) is 0.455. The number of hydrogen-bond donors (Lipinski definition) is 1. The second-order valence-corrected chi connectivity index (χ2v) is 4.51. The van der Waals surface area contributed by atoms with Gasteiger partial charge in [0.1, 0.15) is 0 Å². The summed E-state index contributed by atoms with van der Waals surface area (Å²) in [6.45, 7) is 4.18. The van der Waals surface area contributed by atoms with E-state index < -0.39 is 0 Å². The first-order valence-corrected chi connectivity index (χ1v) is 5.67. The minimum Gasteiger partial charge on any atom is -0.388 e. The Labute approximate surface area is 93.3 Å². The molecule has 0 aliphatic heterocycles. The van der Waals surface area contributed by atoms with Crippen LogP contribution in [-0.2, 0) is 0 Å². The predicted octanol–water partition coefficient (Wildman–Crippen LogP) is 3.37. The number of rotatable bonds is 3. The summed E-state index contributed by atoms with van der Waals surface area (Å²) >= 11 is 2.27. The lowest BCUT2D eigenvalue weighted by atomic mass is 9.95. The average Bonchev–Trinajstić information content (AvgIpc) is 2.16. The fourth-order valence-electron chi connectivity index (χ4n) is 1.24. The van der Waals surface area contributed by atoms with Crippen molar-refractivity contribution in [2.24, 2.45) is 5.92 Å². The molecule has 0 aromatic heterocycles. The lowest BCUT2D eigenvalue weighted by Gasteiger charge is -2.18. The number of benzene rings is 1. The van der Waals surface area contributed by atoms with E-state index in [1.807, 2.05) is 24.3 Å². The maximum atomic E-state index is 9.97. The van der Waals surface area contributed by atoms with Gasteiger partial charge in [0.25, 0.3) is 0 Å². The highest BCUT2D eigenvalue weighted by atomic mass is 127. The lowest BCUT2D eigenvalue weighted by molar-refractivity contribution is 0.115. The molecule has 0 heterocycles. The second-order valence-electron chi connectivity index (χ2n) is 3.35. The summed E-state index contributed by atoms with van der Waals surface area (Å²) in [4.78, 5) is 0. The van der Waals surface area contributed by atoms with Crippen LogP contribution in [0.4, 0.5) is 0 Å². The van der Waals surface area contributed by atoms with Crippen molar-refractivity contribution in [2.75, 3.05) is 0 Å². The van der Waals surface area contributed by atoms with E-state index in [1.165, 1.54) is 0 Å². The molecule has 0 amide bonds. The van der Waals surface area contributed by atoms with Crippen LogP contribution in [0.5, 0.6) is 0 Å². The van der Waals surface area contributed by atoms with E-state index in [-0.39, 0.29) is 6.10 Å². The van der Waals surface area contributed by atoms with Crippen molar-refractivity contribution in [3.05, 3.63) is 33.4 Å². The van der Waals surface area contributed by atoms with E-state index >= 15 is 0 Å². The zero-order chi connectivity index (χ0) is 9.84. The van der Waals surface area contributed by atoms with E-state index in [0.29, 0.717) is 5.92 Å². The molecule has 0 saturated heterocycles. The summed E-state index contributed by atoms with van der Waals surface area (Å²) in [6.07, 6.45) is 0.685. The van der Waals surface area contributed by atoms with Gasteiger partial charge in [-0.25, -0.2) is 0 Å². The molecule has 0 saturated carbocycles. The Hall–Kier alpha value is -0.0900. The highest BCUT2D eigenvalue weighted by molar-refractivity contribution is 14.1. The Bertz CT molecular complexity index is 273. The molecule has 0 fully saturated rings. The Morgan fingerprint density at radius 2 is 2.00 bits per heavy atom. The minimum absolute atomic E-state index is 0.321. The van der Waals surface area contributed by atoms with Crippen LogP contribution in [0.15, 0.2) is 24.3 Å². The highest BCUT2D eigenvalue weighted by Gasteiger charge is 2.16. The van der Waals surface area contributed by atoms with Crippen LogP contribution in [0.1, 0.15) is 31.9 Å². The van der Waals surface area contributed by atoms with Gasteiger partial charge in [-0.1, -0.05) is 38.5 Å². The predicted molar refractivity (Wildman–Crippen MR) is 63.6 cm³/mol. The molecule has 0 aliphatic rings. The van der Waals surface area contributed by atoms with Crippen LogP contribution in [0.3, 0.4) is 0 Å². The van der Waals surface area contributed by atoms with Gasteiger partial charge in [-0.15, -0.1) is 0 Å². The second kappa shape index (κ2) is 4.96. The third-order valence-electron chi connectivity index (χ3n) is 2.41. The average molecular weight is 290 g/mol. The zero-order valence-electron chi connectivity index (χ0n) is 8.00. The smallest absolute Gasteiger partial charge is 0.0825 e.